The van der Waals surface area contributed by atoms with Crippen molar-refractivity contribution in [1.29, 1.82) is 0 Å². The van der Waals surface area contributed by atoms with Gasteiger partial charge in [-0.05, 0) is 29.7 Å². The molecule has 0 spiro atoms. The van der Waals surface area contributed by atoms with Crippen molar-refractivity contribution in [2.75, 3.05) is 31.7 Å². The number of methoxy groups -OCH3 is 1. The quantitative estimate of drug-likeness (QED) is 0.866. The number of rotatable bonds is 4. The second-order valence-corrected chi connectivity index (χ2v) is 6.62. The normalized spacial score (nSPS) is 16.0. The Morgan fingerprint density at radius 2 is 2.10 bits per heavy atom. The van der Waals surface area contributed by atoms with Crippen LogP contribution in [-0.4, -0.2) is 36.9 Å². The average Bonchev–Trinajstić information content (AvgIpc) is 2.47. The first-order valence-electron chi connectivity index (χ1n) is 7.48. The number of anilines is 1. The van der Waals surface area contributed by atoms with Crippen molar-refractivity contribution < 1.29 is 9.84 Å². The average molecular weight is 290 g/mol. The van der Waals surface area contributed by atoms with Crippen LogP contribution in [0.2, 0.25) is 0 Å². The Balaban J connectivity index is 2.24. The van der Waals surface area contributed by atoms with Crippen LogP contribution < -0.4 is 4.90 Å². The van der Waals surface area contributed by atoms with E-state index in [1.54, 1.807) is 7.11 Å². The van der Waals surface area contributed by atoms with Gasteiger partial charge in [-0.3, -0.25) is 0 Å². The second-order valence-electron chi connectivity index (χ2n) is 6.62. The highest BCUT2D eigenvalue weighted by atomic mass is 16.5. The summed E-state index contributed by atoms with van der Waals surface area (Å²) in [6.07, 6.45) is 3.22. The molecule has 0 atom stereocenters. The van der Waals surface area contributed by atoms with Crippen molar-refractivity contribution in [3.63, 3.8) is 0 Å². The smallest absolute Gasteiger partial charge is 0.129 e. The third-order valence-electron chi connectivity index (χ3n) is 3.78. The molecule has 116 valence electrons. The maximum Gasteiger partial charge on any atom is 0.129 e. The predicted molar refractivity (Wildman–Crippen MR) is 85.6 cm³/mol. The molecule has 0 aromatic carbocycles. The summed E-state index contributed by atoms with van der Waals surface area (Å²) in [4.78, 5) is 7.06. The van der Waals surface area contributed by atoms with Gasteiger partial charge in [-0.25, -0.2) is 4.98 Å². The van der Waals surface area contributed by atoms with Gasteiger partial charge in [-0.1, -0.05) is 26.8 Å². The van der Waals surface area contributed by atoms with Gasteiger partial charge in [0, 0.05) is 31.3 Å². The van der Waals surface area contributed by atoms with Crippen molar-refractivity contribution in [3.05, 3.63) is 35.0 Å². The first-order valence-corrected chi connectivity index (χ1v) is 7.48. The molecule has 1 aliphatic rings. The Kier molecular flexibility index (Phi) is 5.01. The number of hydrogen-bond donors (Lipinski definition) is 1. The highest BCUT2D eigenvalue weighted by Gasteiger charge is 2.20. The Hall–Kier alpha value is -1.39. The maximum absolute atomic E-state index is 9.49. The molecule has 4 heteroatoms. The first kappa shape index (κ1) is 16.0. The van der Waals surface area contributed by atoms with Gasteiger partial charge in [0.2, 0.25) is 0 Å². The molecule has 0 unspecified atom stereocenters. The van der Waals surface area contributed by atoms with E-state index in [2.05, 4.69) is 31.7 Å². The number of aliphatic hydroxyl groups excluding tert-OH is 1. The van der Waals surface area contributed by atoms with Crippen LogP contribution in [0.1, 0.15) is 38.4 Å². The minimum Gasteiger partial charge on any atom is -0.392 e. The summed E-state index contributed by atoms with van der Waals surface area (Å²) in [5.74, 6) is 0.958. The zero-order valence-corrected chi connectivity index (χ0v) is 13.5. The van der Waals surface area contributed by atoms with Crippen molar-refractivity contribution in [2.45, 2.75) is 39.2 Å². The zero-order valence-electron chi connectivity index (χ0n) is 13.5. The van der Waals surface area contributed by atoms with E-state index in [1.807, 2.05) is 12.1 Å². The lowest BCUT2D eigenvalue weighted by Gasteiger charge is -2.29. The van der Waals surface area contributed by atoms with E-state index in [1.165, 1.54) is 5.57 Å². The van der Waals surface area contributed by atoms with Crippen molar-refractivity contribution in [1.82, 2.24) is 4.98 Å². The van der Waals surface area contributed by atoms with E-state index in [0.29, 0.717) is 6.61 Å². The monoisotopic (exact) mass is 290 g/mol. The fourth-order valence-corrected chi connectivity index (χ4v) is 2.44. The summed E-state index contributed by atoms with van der Waals surface area (Å²) in [6, 6.07) is 3.99. The summed E-state index contributed by atoms with van der Waals surface area (Å²) in [6.45, 7) is 9.00. The maximum atomic E-state index is 9.49. The molecule has 0 bridgehead atoms. The molecule has 2 rings (SSSR count). The Labute approximate surface area is 127 Å². The molecule has 1 N–H and O–H groups in total. The third kappa shape index (κ3) is 4.05. The molecule has 0 amide bonds. The molecule has 0 fully saturated rings. The lowest BCUT2D eigenvalue weighted by Crippen LogP contribution is -2.31. The molecular formula is C17H26N2O2. The highest BCUT2D eigenvalue weighted by Crippen LogP contribution is 2.26. The number of hydrogen-bond acceptors (Lipinski definition) is 4. The van der Waals surface area contributed by atoms with E-state index in [9.17, 15) is 5.11 Å². The van der Waals surface area contributed by atoms with E-state index < -0.39 is 0 Å². The zero-order chi connectivity index (χ0) is 15.5. The van der Waals surface area contributed by atoms with Crippen LogP contribution in [0.5, 0.6) is 0 Å². The molecule has 0 saturated carbocycles. The van der Waals surface area contributed by atoms with Crippen LogP contribution in [-0.2, 0) is 16.8 Å². The Morgan fingerprint density at radius 3 is 2.62 bits per heavy atom. The lowest BCUT2D eigenvalue weighted by molar-refractivity contribution is 0.222. The molecule has 4 nitrogen and oxygen atoms in total. The summed E-state index contributed by atoms with van der Waals surface area (Å²) < 4.78 is 5.19. The Bertz CT molecular complexity index is 518. The minimum absolute atomic E-state index is 0.0211. The van der Waals surface area contributed by atoms with Crippen LogP contribution in [0, 0.1) is 0 Å². The Morgan fingerprint density at radius 1 is 1.33 bits per heavy atom. The number of aliphatic hydroxyl groups is 1. The molecule has 0 radical (unpaired) electrons. The van der Waals surface area contributed by atoms with Gasteiger partial charge in [0.25, 0.3) is 0 Å². The van der Waals surface area contributed by atoms with Crippen LogP contribution >= 0.6 is 0 Å². The van der Waals surface area contributed by atoms with Crippen molar-refractivity contribution >= 4 is 5.82 Å². The summed E-state index contributed by atoms with van der Waals surface area (Å²) in [5.41, 5.74) is 3.28. The van der Waals surface area contributed by atoms with Gasteiger partial charge in [0.15, 0.2) is 0 Å². The molecule has 0 saturated heterocycles. The fraction of sp³-hybridized carbons (Fsp3) is 0.588. The van der Waals surface area contributed by atoms with Crippen LogP contribution in [0.25, 0.3) is 0 Å². The molecule has 1 aromatic heterocycles. The summed E-state index contributed by atoms with van der Waals surface area (Å²) in [5, 5.41) is 9.49. The van der Waals surface area contributed by atoms with Gasteiger partial charge >= 0.3 is 0 Å². The van der Waals surface area contributed by atoms with Crippen molar-refractivity contribution in [3.8, 4) is 0 Å². The molecule has 1 aromatic rings. The van der Waals surface area contributed by atoms with Crippen LogP contribution in [0.15, 0.2) is 23.8 Å². The summed E-state index contributed by atoms with van der Waals surface area (Å²) >= 11 is 0. The van der Waals surface area contributed by atoms with Crippen LogP contribution in [0.4, 0.5) is 5.82 Å². The van der Waals surface area contributed by atoms with E-state index in [0.717, 1.165) is 36.6 Å². The highest BCUT2D eigenvalue weighted by molar-refractivity contribution is 5.45. The van der Waals surface area contributed by atoms with Crippen molar-refractivity contribution in [2.24, 2.45) is 0 Å². The predicted octanol–water partition coefficient (Wildman–Crippen LogP) is 2.65. The van der Waals surface area contributed by atoms with Gasteiger partial charge in [-0.2, -0.15) is 0 Å². The molecule has 0 aliphatic carbocycles. The lowest BCUT2D eigenvalue weighted by atomic mass is 9.90. The number of ether oxygens (including phenoxy) is 1. The number of pyridine rings is 1. The fourth-order valence-electron chi connectivity index (χ4n) is 2.44. The molecule has 1 aliphatic heterocycles. The summed E-state index contributed by atoms with van der Waals surface area (Å²) in [7, 11) is 1.73. The first-order chi connectivity index (χ1) is 9.94. The number of nitrogens with zero attached hydrogens (tertiary/aromatic N) is 2. The van der Waals surface area contributed by atoms with Gasteiger partial charge in [0.05, 0.1) is 13.2 Å². The SMILES string of the molecule is COCC1=CCN(c2cc(CO)cc(C(C)(C)C)n2)CC1. The van der Waals surface area contributed by atoms with E-state index >= 15 is 0 Å². The second kappa shape index (κ2) is 6.58. The van der Waals surface area contributed by atoms with Crippen LogP contribution in [0.3, 0.4) is 0 Å². The minimum atomic E-state index is -0.0211. The number of aromatic nitrogens is 1. The third-order valence-corrected chi connectivity index (χ3v) is 3.78. The molecule has 21 heavy (non-hydrogen) atoms. The largest absolute Gasteiger partial charge is 0.392 e. The molecular weight excluding hydrogens is 264 g/mol. The van der Waals surface area contributed by atoms with E-state index in [-0.39, 0.29) is 12.0 Å². The standard InChI is InChI=1S/C17H26N2O2/c1-17(2,3)15-9-14(11-20)10-16(18-15)19-7-5-13(6-8-19)12-21-4/h5,9-10,20H,6-8,11-12H2,1-4H3. The topological polar surface area (TPSA) is 45.6 Å². The van der Waals surface area contributed by atoms with Gasteiger partial charge in [0.1, 0.15) is 5.82 Å². The van der Waals surface area contributed by atoms with E-state index in [4.69, 9.17) is 9.72 Å². The van der Waals surface area contributed by atoms with Gasteiger partial charge in [-0.15, -0.1) is 0 Å². The van der Waals surface area contributed by atoms with Gasteiger partial charge < -0.3 is 14.7 Å². The molecule has 2 heterocycles.